The van der Waals surface area contributed by atoms with Crippen LogP contribution < -0.4 is 5.73 Å². The first-order valence-electron chi connectivity index (χ1n) is 11.8. The number of fused-ring (bicyclic) bond motifs is 1. The van der Waals surface area contributed by atoms with Crippen molar-refractivity contribution in [2.24, 2.45) is 5.73 Å². The molecule has 2 aliphatic rings. The molecule has 1 aliphatic heterocycles. The van der Waals surface area contributed by atoms with Crippen molar-refractivity contribution in [2.75, 3.05) is 12.4 Å². The number of carbonyl (C=O) groups excluding carboxylic acids is 1. The molecule has 0 amide bonds. The highest BCUT2D eigenvalue weighted by Gasteiger charge is 2.38. The third kappa shape index (κ3) is 5.21. The Kier molecular flexibility index (Phi) is 8.20. The number of rotatable bonds is 6. The molecule has 1 atom stereocenters. The van der Waals surface area contributed by atoms with Gasteiger partial charge in [-0.1, -0.05) is 48.0 Å². The molecule has 9 heteroatoms. The second kappa shape index (κ2) is 11.5. The maximum absolute atomic E-state index is 13.2. The number of nitriles is 2. The van der Waals surface area contributed by atoms with E-state index in [1.807, 2.05) is 6.07 Å². The van der Waals surface area contributed by atoms with Crippen LogP contribution in [-0.2, 0) is 27.1 Å². The number of allylic oxidation sites excluding steroid dienone is 1. The first-order chi connectivity index (χ1) is 17.5. The molecule has 0 spiro atoms. The van der Waals surface area contributed by atoms with Crippen LogP contribution in [0.2, 0.25) is 5.02 Å². The molecule has 7 nitrogen and oxygen atoms in total. The van der Waals surface area contributed by atoms with E-state index in [0.717, 1.165) is 43.4 Å². The number of nitrogens with two attached hydrogens (primary N) is 1. The number of benzene rings is 1. The number of ether oxygens (including phenoxy) is 2. The van der Waals surface area contributed by atoms with Crippen molar-refractivity contribution in [2.45, 2.75) is 50.0 Å². The zero-order valence-electron chi connectivity index (χ0n) is 19.8. The average Bonchev–Trinajstić information content (AvgIpc) is 3.11. The lowest BCUT2D eigenvalue weighted by atomic mass is 9.83. The van der Waals surface area contributed by atoms with Crippen molar-refractivity contribution >= 4 is 29.3 Å². The maximum Gasteiger partial charge on any atom is 0.338 e. The summed E-state index contributed by atoms with van der Waals surface area (Å²) in [6.45, 7) is 1.85. The van der Waals surface area contributed by atoms with Gasteiger partial charge in [0.25, 0.3) is 0 Å². The van der Waals surface area contributed by atoms with Gasteiger partial charge in [-0.15, -0.1) is 0 Å². The Labute approximate surface area is 219 Å². The lowest BCUT2D eigenvalue weighted by Crippen LogP contribution is -2.27. The van der Waals surface area contributed by atoms with E-state index in [2.05, 4.69) is 12.1 Å². The Balaban J connectivity index is 1.77. The van der Waals surface area contributed by atoms with Gasteiger partial charge in [0.1, 0.15) is 28.5 Å². The van der Waals surface area contributed by atoms with Gasteiger partial charge in [0.15, 0.2) is 0 Å². The van der Waals surface area contributed by atoms with Crippen LogP contribution in [0.25, 0.3) is 0 Å². The summed E-state index contributed by atoms with van der Waals surface area (Å²) in [4.78, 5) is 18.0. The number of aryl methyl sites for hydroxylation is 2. The molecule has 2 N–H and O–H groups in total. The minimum atomic E-state index is -0.845. The molecule has 0 fully saturated rings. The zero-order valence-corrected chi connectivity index (χ0v) is 21.4. The Morgan fingerprint density at radius 2 is 2.03 bits per heavy atom. The number of nitrogens with zero attached hydrogens (tertiary/aromatic N) is 3. The van der Waals surface area contributed by atoms with Crippen molar-refractivity contribution in [3.05, 3.63) is 80.5 Å². The molecular formula is C27H25ClN4O3S. The van der Waals surface area contributed by atoms with Crippen LogP contribution in [0.5, 0.6) is 0 Å². The fourth-order valence-electron chi connectivity index (χ4n) is 4.49. The van der Waals surface area contributed by atoms with Gasteiger partial charge in [-0.2, -0.15) is 10.5 Å². The van der Waals surface area contributed by atoms with E-state index in [0.29, 0.717) is 21.2 Å². The Hall–Kier alpha value is -3.46. The van der Waals surface area contributed by atoms with Crippen molar-refractivity contribution in [3.63, 3.8) is 0 Å². The highest BCUT2D eigenvalue weighted by Crippen LogP contribution is 2.43. The molecule has 1 aromatic heterocycles. The van der Waals surface area contributed by atoms with Gasteiger partial charge < -0.3 is 15.2 Å². The van der Waals surface area contributed by atoms with Crippen molar-refractivity contribution in [3.8, 4) is 12.1 Å². The van der Waals surface area contributed by atoms with E-state index in [1.54, 1.807) is 31.2 Å². The monoisotopic (exact) mass is 520 g/mol. The van der Waals surface area contributed by atoms with E-state index in [-0.39, 0.29) is 35.1 Å². The van der Waals surface area contributed by atoms with Gasteiger partial charge in [0, 0.05) is 10.7 Å². The van der Waals surface area contributed by atoms with E-state index < -0.39 is 11.9 Å². The number of esters is 1. The minimum Gasteiger partial charge on any atom is -0.463 e. The summed E-state index contributed by atoms with van der Waals surface area (Å²) >= 11 is 7.77. The quantitative estimate of drug-likeness (QED) is 0.309. The maximum atomic E-state index is 13.2. The predicted molar refractivity (Wildman–Crippen MR) is 137 cm³/mol. The first kappa shape index (κ1) is 25.6. The fraction of sp³-hybridized carbons (Fsp3) is 0.333. The molecule has 1 aromatic carbocycles. The van der Waals surface area contributed by atoms with Gasteiger partial charge in [0.05, 0.1) is 29.4 Å². The highest BCUT2D eigenvalue weighted by atomic mass is 35.5. The van der Waals surface area contributed by atoms with E-state index in [4.69, 9.17) is 31.8 Å². The molecule has 0 bridgehead atoms. The lowest BCUT2D eigenvalue weighted by molar-refractivity contribution is -0.139. The smallest absolute Gasteiger partial charge is 0.338 e. The van der Waals surface area contributed by atoms with Gasteiger partial charge in [-0.05, 0) is 55.9 Å². The summed E-state index contributed by atoms with van der Waals surface area (Å²) in [5.41, 5.74) is 9.57. The van der Waals surface area contributed by atoms with E-state index in [1.165, 1.54) is 11.8 Å². The molecule has 0 unspecified atom stereocenters. The van der Waals surface area contributed by atoms with Gasteiger partial charge in [-0.3, -0.25) is 0 Å². The van der Waals surface area contributed by atoms with Gasteiger partial charge in [0.2, 0.25) is 5.88 Å². The SMILES string of the molecule is CCOC(=O)C1=C(CSc2nc3c(cc2C#N)CCCCC3)OC(N)=C(C#N)[C@@H]1c1ccccc1Cl. The van der Waals surface area contributed by atoms with Gasteiger partial charge >= 0.3 is 5.97 Å². The Bertz CT molecular complexity index is 1340. The van der Waals surface area contributed by atoms with Crippen LogP contribution >= 0.6 is 23.4 Å². The minimum absolute atomic E-state index is 0.0840. The number of aromatic nitrogens is 1. The average molecular weight is 521 g/mol. The molecule has 0 radical (unpaired) electrons. The highest BCUT2D eigenvalue weighted by molar-refractivity contribution is 7.99. The fourth-order valence-corrected chi connectivity index (χ4v) is 5.66. The van der Waals surface area contributed by atoms with E-state index in [9.17, 15) is 15.3 Å². The summed E-state index contributed by atoms with van der Waals surface area (Å²) in [6.07, 6.45) is 5.08. The standard InChI is InChI=1S/C27H25ClN4O3S/c1-2-34-27(33)24-22(35-25(31)19(14-30)23(24)18-9-6-7-10-20(18)28)15-36-26-17(13-29)12-16-8-4-3-5-11-21(16)32-26/h6-7,9-10,12,23H,2-5,8,11,15,31H2,1H3/t23-/m0/s1. The van der Waals surface area contributed by atoms with Crippen LogP contribution in [0.3, 0.4) is 0 Å². The van der Waals surface area contributed by atoms with Crippen molar-refractivity contribution in [1.82, 2.24) is 4.98 Å². The number of hydrogen-bond donors (Lipinski definition) is 1. The summed E-state index contributed by atoms with van der Waals surface area (Å²) in [6, 6.07) is 13.2. The second-order valence-electron chi connectivity index (χ2n) is 8.41. The number of hydrogen-bond acceptors (Lipinski definition) is 8. The molecule has 2 heterocycles. The number of halogens is 1. The van der Waals surface area contributed by atoms with Crippen LogP contribution in [0.4, 0.5) is 0 Å². The third-order valence-corrected chi connectivity index (χ3v) is 7.52. The summed E-state index contributed by atoms with van der Waals surface area (Å²) in [5.74, 6) is -1.15. The molecule has 0 saturated heterocycles. The second-order valence-corrected chi connectivity index (χ2v) is 9.78. The van der Waals surface area contributed by atoms with Gasteiger partial charge in [-0.25, -0.2) is 9.78 Å². The normalized spacial score (nSPS) is 17.4. The van der Waals surface area contributed by atoms with Crippen LogP contribution in [-0.4, -0.2) is 23.3 Å². The zero-order chi connectivity index (χ0) is 25.7. The van der Waals surface area contributed by atoms with Crippen molar-refractivity contribution < 1.29 is 14.3 Å². The molecular weight excluding hydrogens is 496 g/mol. The molecule has 1 aliphatic carbocycles. The van der Waals surface area contributed by atoms with Crippen LogP contribution in [0, 0.1) is 22.7 Å². The summed E-state index contributed by atoms with van der Waals surface area (Å²) in [7, 11) is 0. The third-order valence-electron chi connectivity index (χ3n) is 6.18. The number of carbonyl (C=O) groups is 1. The Morgan fingerprint density at radius 1 is 1.25 bits per heavy atom. The Morgan fingerprint density at radius 3 is 2.75 bits per heavy atom. The molecule has 184 valence electrons. The molecule has 0 saturated carbocycles. The molecule has 36 heavy (non-hydrogen) atoms. The molecule has 2 aromatic rings. The van der Waals surface area contributed by atoms with Crippen molar-refractivity contribution in [1.29, 1.82) is 10.5 Å². The summed E-state index contributed by atoms with van der Waals surface area (Å²) < 4.78 is 11.2. The lowest BCUT2D eigenvalue weighted by Gasteiger charge is -2.28. The topological polar surface area (TPSA) is 122 Å². The van der Waals surface area contributed by atoms with Crippen LogP contribution in [0.15, 0.2) is 58.1 Å². The number of pyridine rings is 1. The molecule has 4 rings (SSSR count). The predicted octanol–water partition coefficient (Wildman–Crippen LogP) is 5.29. The number of thioether (sulfide) groups is 1. The van der Waals surface area contributed by atoms with E-state index >= 15 is 0 Å². The largest absolute Gasteiger partial charge is 0.463 e. The first-order valence-corrected chi connectivity index (χ1v) is 13.1. The van der Waals surface area contributed by atoms with Crippen LogP contribution in [0.1, 0.15) is 54.5 Å². The summed E-state index contributed by atoms with van der Waals surface area (Å²) in [5, 5.41) is 20.6.